The molecule has 2 fully saturated rings. The third kappa shape index (κ3) is 21.4. The highest BCUT2D eigenvalue weighted by Crippen LogP contribution is 2.43. The van der Waals surface area contributed by atoms with Crippen molar-refractivity contribution in [3.63, 3.8) is 0 Å². The number of nitrogens with zero attached hydrogens (tertiary/aromatic N) is 11. The number of furan rings is 4. The molecular formula is C100H83N11O21S2. The van der Waals surface area contributed by atoms with Crippen LogP contribution < -0.4 is 18.9 Å². The van der Waals surface area contributed by atoms with Crippen molar-refractivity contribution in [1.82, 2.24) is 33.4 Å². The number of ether oxygens (including phenoxy) is 5. The quantitative estimate of drug-likeness (QED) is 0.0391. The summed E-state index contributed by atoms with van der Waals surface area (Å²) in [5, 5.41) is 75.7. The van der Waals surface area contributed by atoms with Crippen LogP contribution in [0.25, 0.3) is 67.0 Å². The number of carboxylic acid groups (broad SMARTS) is 4. The number of sulfonamides is 2. The minimum absolute atomic E-state index is 0.0482. The predicted octanol–water partition coefficient (Wildman–Crippen LogP) is 16.6. The first-order valence-electron chi connectivity index (χ1n) is 42.2. The number of nitriles is 4. The molecule has 0 radical (unpaired) electrons. The Morgan fingerprint density at radius 2 is 0.672 bits per heavy atom. The van der Waals surface area contributed by atoms with Gasteiger partial charge in [0.05, 0.1) is 107 Å². The Morgan fingerprint density at radius 1 is 0.366 bits per heavy atom. The Labute approximate surface area is 768 Å². The van der Waals surface area contributed by atoms with Gasteiger partial charge in [0.1, 0.15) is 73.0 Å². The average molecular weight is 1840 g/mol. The lowest BCUT2D eigenvalue weighted by Crippen LogP contribution is -2.46. The summed E-state index contributed by atoms with van der Waals surface area (Å²) in [6, 6.07) is 57.6. The van der Waals surface area contributed by atoms with Gasteiger partial charge in [-0.2, -0.15) is 29.7 Å². The van der Waals surface area contributed by atoms with Gasteiger partial charge in [0.15, 0.2) is 0 Å². The zero-order valence-corrected chi connectivity index (χ0v) is 73.5. The van der Waals surface area contributed by atoms with E-state index in [0.717, 1.165) is 101 Å². The lowest BCUT2D eigenvalue weighted by atomic mass is 9.87. The van der Waals surface area contributed by atoms with E-state index in [1.807, 2.05) is 19.2 Å². The number of morpholine rings is 1. The van der Waals surface area contributed by atoms with Crippen LogP contribution in [-0.2, 0) is 76.9 Å². The van der Waals surface area contributed by atoms with Gasteiger partial charge in [-0.25, -0.2) is 55.9 Å². The molecule has 10 heterocycles. The zero-order chi connectivity index (χ0) is 94.0. The summed E-state index contributed by atoms with van der Waals surface area (Å²) >= 11 is 0. The number of piperazine rings is 1. The van der Waals surface area contributed by atoms with E-state index in [1.54, 1.807) is 134 Å². The number of aryl methyl sites for hydroxylation is 2. The number of aromatic nitrogens is 4. The maximum atomic E-state index is 13.2. The van der Waals surface area contributed by atoms with Gasteiger partial charge in [-0.05, 0) is 195 Å². The molecule has 0 spiro atoms. The Balaban J connectivity index is 0.000000138. The summed E-state index contributed by atoms with van der Waals surface area (Å²) < 4.78 is 105. The van der Waals surface area contributed by atoms with Gasteiger partial charge >= 0.3 is 23.9 Å². The molecule has 34 heteroatoms. The van der Waals surface area contributed by atoms with E-state index in [2.05, 4.69) is 49.1 Å². The first-order valence-corrected chi connectivity index (χ1v) is 45.0. The standard InChI is InChI=1S/C29H26N4O6S.C28H23N3O7S.C22H18N2O4.C21H16N2O4/c1-32-11-13-33(14-12-32)40(36,37)24-8-6-21(7-9-24)27-16-25(23-10-15-38-19-23)26(17-30)28(31-27)39-18-20-2-4-22(5-3-20)29(34)35;29-16-25-24(22-9-12-37-18-22)15-26(30-27(25)38-17-19-1-3-21(4-2-19)28(32)33)20-5-7-23(8-6-20)39(34,35)31-10-13-36-14-11-31;23-11-18-20(16-9-10-27-13-16)17-3-1-2-4-19(17)24-21(18)28-12-14-5-7-15(8-6-14)22(25)26;22-10-17-19(15-8-9-26-12-15)16-2-1-3-18(16)23-20(17)27-11-13-4-6-14(7-5-13)21(24)25/h2-10,15-16,19H,11-14,18H2,1H3,(H,34,35);1-9,12,15,18H,10-11,13-14,17H2,(H,32,33);5-10,13H,1-4,12H2,(H,25,26);4-9,12H,1-3,11H2,(H,24,25). The molecule has 4 aliphatic rings. The lowest BCUT2D eigenvalue weighted by Gasteiger charge is -2.31. The van der Waals surface area contributed by atoms with E-state index in [4.69, 9.17) is 61.8 Å². The SMILES string of the molecule is CN1CCN(S(=O)(=O)c2ccc(-c3cc(-c4ccoc4)c(C#N)c(OCc4ccc(C(=O)O)cc4)n3)cc2)CC1.N#Cc1c(-c2ccoc2)cc(-c2ccc(S(=O)(=O)N3CCOCC3)cc2)nc1OCc1ccc(C(=O)O)cc1.N#Cc1c(OCc2ccc(C(=O)O)cc2)nc2c(c1-c1ccoc1)CCC2.N#Cc1c(OCc2ccc(C(=O)O)cc2)nc2c(c1-c1ccoc1)CCCC2. The maximum absolute atomic E-state index is 13.2. The van der Waals surface area contributed by atoms with Gasteiger partial charge in [-0.1, -0.05) is 72.8 Å². The Morgan fingerprint density at radius 3 is 0.993 bits per heavy atom. The van der Waals surface area contributed by atoms with Gasteiger partial charge in [0.25, 0.3) is 0 Å². The van der Waals surface area contributed by atoms with Crippen LogP contribution in [0.15, 0.2) is 260 Å². The molecule has 32 nitrogen and oxygen atoms in total. The topological polar surface area (TPSA) is 473 Å². The van der Waals surface area contributed by atoms with Crippen molar-refractivity contribution in [2.75, 3.05) is 59.5 Å². The first-order chi connectivity index (χ1) is 65.0. The number of benzene rings is 6. The van der Waals surface area contributed by atoms with Crippen molar-refractivity contribution in [2.45, 2.75) is 81.2 Å². The average Bonchev–Trinajstić information content (AvgIpc) is 1.66. The van der Waals surface area contributed by atoms with E-state index in [0.29, 0.717) is 131 Å². The second kappa shape index (κ2) is 42.1. The molecule has 0 unspecified atom stereocenters. The van der Waals surface area contributed by atoms with Crippen LogP contribution in [-0.4, -0.2) is 154 Å². The van der Waals surface area contributed by atoms with Crippen LogP contribution in [0.5, 0.6) is 23.5 Å². The van der Waals surface area contributed by atoms with Crippen LogP contribution in [0.2, 0.25) is 0 Å². The van der Waals surface area contributed by atoms with Gasteiger partial charge in [0, 0.05) is 106 Å². The number of hydrogen-bond donors (Lipinski definition) is 4. The van der Waals surface area contributed by atoms with E-state index in [9.17, 15) is 57.1 Å². The number of hydrogen-bond acceptors (Lipinski definition) is 26. The molecule has 0 amide bonds. The van der Waals surface area contributed by atoms with Crippen LogP contribution >= 0.6 is 0 Å². The molecule has 6 aromatic carbocycles. The molecule has 0 saturated carbocycles. The molecule has 8 aromatic heterocycles. The van der Waals surface area contributed by atoms with E-state index in [1.165, 1.54) is 94.3 Å². The third-order valence-corrected chi connectivity index (χ3v) is 26.5. The van der Waals surface area contributed by atoms with Crippen molar-refractivity contribution in [3.8, 4) is 115 Å². The van der Waals surface area contributed by atoms with E-state index in [-0.39, 0.29) is 81.4 Å². The molecule has 2 saturated heterocycles. The third-order valence-electron chi connectivity index (χ3n) is 22.6. The van der Waals surface area contributed by atoms with Gasteiger partial charge in [-0.3, -0.25) is 0 Å². The first kappa shape index (κ1) is 92.5. The smallest absolute Gasteiger partial charge is 0.335 e. The fraction of sp³-hybridized carbons (Fsp3) is 0.200. The second-order valence-corrected chi connectivity index (χ2v) is 35.0. The predicted molar refractivity (Wildman–Crippen MR) is 483 cm³/mol. The number of carboxylic acids is 4. The van der Waals surface area contributed by atoms with Crippen molar-refractivity contribution in [2.24, 2.45) is 0 Å². The normalized spacial score (nSPS) is 13.6. The highest BCUT2D eigenvalue weighted by molar-refractivity contribution is 7.89. The number of likely N-dealkylation sites (N-methyl/N-ethyl adjacent to an activating group) is 1. The molecule has 0 bridgehead atoms. The van der Waals surface area contributed by atoms with Crippen LogP contribution in [0.3, 0.4) is 0 Å². The van der Waals surface area contributed by atoms with Crippen molar-refractivity contribution < 1.29 is 97.8 Å². The molecule has 14 aromatic rings. The fourth-order valence-corrected chi connectivity index (χ4v) is 18.3. The molecule has 0 atom stereocenters. The number of carbonyl (C=O) groups is 4. The minimum atomic E-state index is -3.66. The molecular weight excluding hydrogens is 1760 g/mol. The van der Waals surface area contributed by atoms with Crippen molar-refractivity contribution in [1.29, 1.82) is 21.0 Å². The summed E-state index contributed by atoms with van der Waals surface area (Å²) in [5.41, 5.74) is 17.1. The van der Waals surface area contributed by atoms with E-state index >= 15 is 0 Å². The highest BCUT2D eigenvalue weighted by Gasteiger charge is 2.32. The molecule has 4 N–H and O–H groups in total. The second-order valence-electron chi connectivity index (χ2n) is 31.1. The highest BCUT2D eigenvalue weighted by atomic mass is 32.2. The van der Waals surface area contributed by atoms with Crippen molar-refractivity contribution >= 4 is 43.9 Å². The Bertz CT molecular complexity index is 7030. The largest absolute Gasteiger partial charge is 0.478 e. The summed E-state index contributed by atoms with van der Waals surface area (Å²) in [6.07, 6.45) is 19.1. The number of aromatic carboxylic acids is 4. The summed E-state index contributed by atoms with van der Waals surface area (Å²) in [6.45, 7) is 4.04. The molecule has 676 valence electrons. The van der Waals surface area contributed by atoms with Crippen LogP contribution in [0.4, 0.5) is 0 Å². The summed E-state index contributed by atoms with van der Waals surface area (Å²) in [7, 11) is -5.31. The van der Waals surface area contributed by atoms with Gasteiger partial charge in [-0.15, -0.1) is 0 Å². The summed E-state index contributed by atoms with van der Waals surface area (Å²) in [4.78, 5) is 65.1. The van der Waals surface area contributed by atoms with Gasteiger partial charge in [0.2, 0.25) is 43.6 Å². The van der Waals surface area contributed by atoms with E-state index < -0.39 is 43.9 Å². The fourth-order valence-electron chi connectivity index (χ4n) is 15.5. The number of fused-ring (bicyclic) bond motifs is 2. The van der Waals surface area contributed by atoms with Crippen LogP contribution in [0, 0.1) is 45.3 Å². The number of pyridine rings is 4. The molecule has 18 rings (SSSR count). The van der Waals surface area contributed by atoms with Gasteiger partial charge < -0.3 is 66.7 Å². The number of rotatable bonds is 26. The molecule has 2 aliphatic heterocycles. The zero-order valence-electron chi connectivity index (χ0n) is 71.8. The monoisotopic (exact) mass is 1840 g/mol. The minimum Gasteiger partial charge on any atom is -0.478 e. The Kier molecular flexibility index (Phi) is 29.1. The maximum Gasteiger partial charge on any atom is 0.335 e. The van der Waals surface area contributed by atoms with Crippen molar-refractivity contribution in [3.05, 3.63) is 321 Å². The van der Waals surface area contributed by atoms with Crippen LogP contribution in [0.1, 0.15) is 128 Å². The molecule has 2 aliphatic carbocycles. The lowest BCUT2D eigenvalue weighted by molar-refractivity contribution is 0.0686. The molecule has 134 heavy (non-hydrogen) atoms. The Hall–Kier alpha value is -16.2. The summed E-state index contributed by atoms with van der Waals surface area (Å²) in [5.74, 6) is -3.22.